The van der Waals surface area contributed by atoms with Gasteiger partial charge in [0.1, 0.15) is 5.75 Å². The molecule has 1 aromatic rings. The van der Waals surface area contributed by atoms with Crippen molar-refractivity contribution in [1.82, 2.24) is 4.90 Å². The van der Waals surface area contributed by atoms with Gasteiger partial charge in [0.2, 0.25) is 0 Å². The van der Waals surface area contributed by atoms with Crippen LogP contribution < -0.4 is 4.74 Å². The number of aliphatic hydroxyl groups is 1. The van der Waals surface area contributed by atoms with Crippen LogP contribution >= 0.6 is 0 Å². The third-order valence-electron chi connectivity index (χ3n) is 3.39. The van der Waals surface area contributed by atoms with E-state index in [1.165, 1.54) is 0 Å². The molecule has 0 aromatic heterocycles. The zero-order valence-corrected chi connectivity index (χ0v) is 12.8. The molecule has 0 bridgehead atoms. The number of rotatable bonds is 7. The molecule has 0 radical (unpaired) electrons. The molecule has 0 spiro atoms. The Balaban J connectivity index is 2.85. The molecule has 4 heteroatoms. The van der Waals surface area contributed by atoms with Crippen molar-refractivity contribution in [3.63, 3.8) is 0 Å². The van der Waals surface area contributed by atoms with Crippen molar-refractivity contribution >= 4 is 5.91 Å². The smallest absolute Gasteiger partial charge is 0.263 e. The Morgan fingerprint density at radius 1 is 1.25 bits per heavy atom. The van der Waals surface area contributed by atoms with Gasteiger partial charge < -0.3 is 14.7 Å². The average molecular weight is 279 g/mol. The fourth-order valence-electron chi connectivity index (χ4n) is 2.12. The van der Waals surface area contributed by atoms with Crippen molar-refractivity contribution < 1.29 is 14.6 Å². The van der Waals surface area contributed by atoms with Crippen molar-refractivity contribution in [1.29, 1.82) is 0 Å². The molecule has 0 aliphatic carbocycles. The van der Waals surface area contributed by atoms with Crippen LogP contribution in [0.1, 0.15) is 45.8 Å². The van der Waals surface area contributed by atoms with Gasteiger partial charge >= 0.3 is 0 Å². The summed E-state index contributed by atoms with van der Waals surface area (Å²) in [4.78, 5) is 13.9. The molecule has 20 heavy (non-hydrogen) atoms. The van der Waals surface area contributed by atoms with Crippen LogP contribution in [-0.2, 0) is 4.79 Å². The van der Waals surface area contributed by atoms with E-state index < -0.39 is 12.2 Å². The van der Waals surface area contributed by atoms with Gasteiger partial charge in [0.05, 0.1) is 6.10 Å². The highest BCUT2D eigenvalue weighted by Gasteiger charge is 2.21. The molecule has 2 atom stereocenters. The van der Waals surface area contributed by atoms with E-state index in [9.17, 15) is 9.90 Å². The topological polar surface area (TPSA) is 49.8 Å². The molecule has 0 saturated carbocycles. The highest BCUT2D eigenvalue weighted by Crippen LogP contribution is 2.27. The van der Waals surface area contributed by atoms with E-state index in [4.69, 9.17) is 4.74 Å². The Labute approximate surface area is 121 Å². The second-order valence-electron chi connectivity index (χ2n) is 4.73. The van der Waals surface area contributed by atoms with Crippen LogP contribution in [0.4, 0.5) is 0 Å². The summed E-state index contributed by atoms with van der Waals surface area (Å²) in [7, 11) is 0. The maximum absolute atomic E-state index is 12.2. The normalized spacial score (nSPS) is 13.7. The Bertz CT molecular complexity index is 429. The number of aliphatic hydroxyl groups excluding tert-OH is 1. The predicted octanol–water partition coefficient (Wildman–Crippen LogP) is 2.77. The maximum atomic E-state index is 12.2. The third kappa shape index (κ3) is 3.97. The average Bonchev–Trinajstić information content (AvgIpc) is 2.48. The van der Waals surface area contributed by atoms with E-state index in [1.807, 2.05) is 39.0 Å². The molecule has 1 aromatic carbocycles. The third-order valence-corrected chi connectivity index (χ3v) is 3.39. The molecule has 0 fully saturated rings. The first kappa shape index (κ1) is 16.5. The van der Waals surface area contributed by atoms with Crippen LogP contribution in [0.2, 0.25) is 0 Å². The lowest BCUT2D eigenvalue weighted by Gasteiger charge is -2.24. The Hall–Kier alpha value is -1.55. The van der Waals surface area contributed by atoms with Gasteiger partial charge in [0.25, 0.3) is 5.91 Å². The predicted molar refractivity (Wildman–Crippen MR) is 79.7 cm³/mol. The number of nitrogens with zero attached hydrogens (tertiary/aromatic N) is 1. The van der Waals surface area contributed by atoms with E-state index in [0.29, 0.717) is 25.3 Å². The zero-order valence-electron chi connectivity index (χ0n) is 12.8. The number of likely N-dealkylation sites (N-methyl/N-ethyl adjacent to an activating group) is 1. The van der Waals surface area contributed by atoms with E-state index in [1.54, 1.807) is 17.9 Å². The summed E-state index contributed by atoms with van der Waals surface area (Å²) in [6.45, 7) is 8.89. The monoisotopic (exact) mass is 279 g/mol. The Morgan fingerprint density at radius 2 is 1.85 bits per heavy atom. The van der Waals surface area contributed by atoms with Crippen molar-refractivity contribution in [2.24, 2.45) is 0 Å². The maximum Gasteiger partial charge on any atom is 0.263 e. The molecule has 1 amide bonds. The van der Waals surface area contributed by atoms with E-state index >= 15 is 0 Å². The standard InChI is InChI=1S/C16H25NO3/c1-5-14(18)13-10-8-9-11-15(13)20-12(4)16(19)17(6-2)7-3/h8-12,14,18H,5-7H2,1-4H3/t12?,14-/m1/s1. The summed E-state index contributed by atoms with van der Waals surface area (Å²) >= 11 is 0. The second-order valence-corrected chi connectivity index (χ2v) is 4.73. The number of carbonyl (C=O) groups is 1. The molecule has 0 heterocycles. The molecule has 0 saturated heterocycles. The van der Waals surface area contributed by atoms with Gasteiger partial charge in [-0.2, -0.15) is 0 Å². The first-order valence-corrected chi connectivity index (χ1v) is 7.27. The number of carbonyl (C=O) groups excluding carboxylic acids is 1. The lowest BCUT2D eigenvalue weighted by atomic mass is 10.1. The van der Waals surface area contributed by atoms with Crippen molar-refractivity contribution in [3.05, 3.63) is 29.8 Å². The van der Waals surface area contributed by atoms with Gasteiger partial charge in [0, 0.05) is 18.7 Å². The number of hydrogen-bond acceptors (Lipinski definition) is 3. The van der Waals surface area contributed by atoms with Gasteiger partial charge in [0.15, 0.2) is 6.10 Å². The largest absolute Gasteiger partial charge is 0.481 e. The minimum Gasteiger partial charge on any atom is -0.481 e. The van der Waals surface area contributed by atoms with Crippen LogP contribution in [0.25, 0.3) is 0 Å². The molecule has 4 nitrogen and oxygen atoms in total. The van der Waals surface area contributed by atoms with Crippen molar-refractivity contribution in [2.75, 3.05) is 13.1 Å². The number of para-hydroxylation sites is 1. The van der Waals surface area contributed by atoms with Crippen LogP contribution in [-0.4, -0.2) is 35.1 Å². The first-order valence-electron chi connectivity index (χ1n) is 7.27. The Morgan fingerprint density at radius 3 is 2.40 bits per heavy atom. The van der Waals surface area contributed by atoms with E-state index in [2.05, 4.69) is 0 Å². The summed E-state index contributed by atoms with van der Waals surface area (Å²) in [6.07, 6.45) is -0.513. The fourth-order valence-corrected chi connectivity index (χ4v) is 2.12. The molecule has 0 aliphatic rings. The molecular formula is C16H25NO3. The quantitative estimate of drug-likeness (QED) is 0.835. The number of amides is 1. The minimum absolute atomic E-state index is 0.0317. The minimum atomic E-state index is -0.568. The molecule has 1 unspecified atom stereocenters. The number of benzene rings is 1. The van der Waals surface area contributed by atoms with Gasteiger partial charge in [-0.25, -0.2) is 0 Å². The molecule has 112 valence electrons. The lowest BCUT2D eigenvalue weighted by molar-refractivity contribution is -0.137. The summed E-state index contributed by atoms with van der Waals surface area (Å²) in [6, 6.07) is 7.33. The highest BCUT2D eigenvalue weighted by atomic mass is 16.5. The zero-order chi connectivity index (χ0) is 15.1. The van der Waals surface area contributed by atoms with Crippen LogP contribution in [0.15, 0.2) is 24.3 Å². The summed E-state index contributed by atoms with van der Waals surface area (Å²) in [5.41, 5.74) is 0.731. The van der Waals surface area contributed by atoms with Gasteiger partial charge in [-0.15, -0.1) is 0 Å². The van der Waals surface area contributed by atoms with Crippen LogP contribution in [0.3, 0.4) is 0 Å². The van der Waals surface area contributed by atoms with E-state index in [0.717, 1.165) is 5.56 Å². The molecule has 0 aliphatic heterocycles. The highest BCUT2D eigenvalue weighted by molar-refractivity contribution is 5.80. The van der Waals surface area contributed by atoms with Crippen LogP contribution in [0, 0.1) is 0 Å². The van der Waals surface area contributed by atoms with Crippen LogP contribution in [0.5, 0.6) is 5.75 Å². The van der Waals surface area contributed by atoms with Gasteiger partial charge in [-0.05, 0) is 33.3 Å². The summed E-state index contributed by atoms with van der Waals surface area (Å²) < 4.78 is 5.76. The Kier molecular flexibility index (Phi) is 6.52. The fraction of sp³-hybridized carbons (Fsp3) is 0.562. The molecular weight excluding hydrogens is 254 g/mol. The van der Waals surface area contributed by atoms with E-state index in [-0.39, 0.29) is 5.91 Å². The summed E-state index contributed by atoms with van der Waals surface area (Å²) in [5.74, 6) is 0.547. The molecule has 1 rings (SSSR count). The van der Waals surface area contributed by atoms with Crippen molar-refractivity contribution in [2.45, 2.75) is 46.3 Å². The van der Waals surface area contributed by atoms with Gasteiger partial charge in [-0.3, -0.25) is 4.79 Å². The lowest BCUT2D eigenvalue weighted by Crippen LogP contribution is -2.40. The second kappa shape index (κ2) is 7.90. The summed E-state index contributed by atoms with van der Waals surface area (Å²) in [5, 5.41) is 9.99. The first-order chi connectivity index (χ1) is 9.54. The van der Waals surface area contributed by atoms with Crippen molar-refractivity contribution in [3.8, 4) is 5.75 Å². The number of hydrogen-bond donors (Lipinski definition) is 1. The SMILES string of the molecule is CC[C@@H](O)c1ccccc1OC(C)C(=O)N(CC)CC. The molecule has 1 N–H and O–H groups in total. The van der Waals surface area contributed by atoms with Gasteiger partial charge in [-0.1, -0.05) is 25.1 Å². The number of ether oxygens (including phenoxy) is 1.